The fourth-order valence-corrected chi connectivity index (χ4v) is 6.54. The minimum atomic E-state index is 1.19. The highest BCUT2D eigenvalue weighted by atomic mass is 14.9. The van der Waals surface area contributed by atoms with Crippen LogP contribution in [0.5, 0.6) is 0 Å². The van der Waals surface area contributed by atoms with E-state index >= 15 is 0 Å². The predicted octanol–water partition coefficient (Wildman–Crippen LogP) is 14.5. The fraction of sp³-hybridized carbons (Fsp3) is 0.714. The molecule has 0 atom stereocenters. The first-order chi connectivity index (χ1) is 21.3. The fourth-order valence-electron chi connectivity index (χ4n) is 6.54. The number of aryl methyl sites for hydroxylation is 3. The molecule has 0 unspecified atom stereocenters. The van der Waals surface area contributed by atoms with E-state index in [1.54, 1.807) is 0 Å². The Morgan fingerprint density at radius 3 is 1.21 bits per heavy atom. The third-order valence-electron chi connectivity index (χ3n) is 9.35. The lowest BCUT2D eigenvalue weighted by molar-refractivity contribution is 0.574. The van der Waals surface area contributed by atoms with Gasteiger partial charge in [-0.25, -0.2) is 0 Å². The van der Waals surface area contributed by atoms with Crippen molar-refractivity contribution < 1.29 is 0 Å². The molecule has 43 heavy (non-hydrogen) atoms. The normalized spacial score (nSPS) is 11.3. The topological polar surface area (TPSA) is 12.0 Å². The van der Waals surface area contributed by atoms with Gasteiger partial charge in [0.1, 0.15) is 0 Å². The second-order valence-electron chi connectivity index (χ2n) is 13.5. The summed E-state index contributed by atoms with van der Waals surface area (Å²) >= 11 is 0. The van der Waals surface area contributed by atoms with Crippen molar-refractivity contribution in [2.45, 2.75) is 194 Å². The van der Waals surface area contributed by atoms with Crippen LogP contribution in [0.1, 0.15) is 192 Å². The number of anilines is 2. The molecule has 0 amide bonds. The maximum absolute atomic E-state index is 3.96. The highest BCUT2D eigenvalue weighted by Gasteiger charge is 2.10. The van der Waals surface area contributed by atoms with E-state index < -0.39 is 0 Å². The summed E-state index contributed by atoms with van der Waals surface area (Å²) in [5.41, 5.74) is 7.23. The first-order valence-corrected chi connectivity index (χ1v) is 19.2. The molecular formula is C42H71N. The average molecular weight is 590 g/mol. The number of hydrogen-bond donors (Lipinski definition) is 1. The molecule has 0 heterocycles. The van der Waals surface area contributed by atoms with Crippen LogP contribution in [-0.4, -0.2) is 0 Å². The van der Waals surface area contributed by atoms with E-state index in [9.17, 15) is 0 Å². The van der Waals surface area contributed by atoms with Gasteiger partial charge in [-0.3, -0.25) is 0 Å². The quantitative estimate of drug-likeness (QED) is 0.0931. The highest BCUT2D eigenvalue weighted by molar-refractivity contribution is 5.67. The minimum Gasteiger partial charge on any atom is -0.355 e. The van der Waals surface area contributed by atoms with Gasteiger partial charge in [0.25, 0.3) is 0 Å². The van der Waals surface area contributed by atoms with Gasteiger partial charge in [0.15, 0.2) is 0 Å². The number of benzene rings is 2. The Labute approximate surface area is 269 Å². The third-order valence-corrected chi connectivity index (χ3v) is 9.35. The molecule has 244 valence electrons. The zero-order valence-corrected chi connectivity index (χ0v) is 29.1. The van der Waals surface area contributed by atoms with Crippen LogP contribution in [0.3, 0.4) is 0 Å². The standard InChI is InChI=1S/C42H71N/c1-4-7-10-13-16-19-22-25-30-38-31-28-36-41(37-38)43-42-39(32-26-23-20-17-14-11-8-5-2)34-29-35-40(42)33-27-24-21-18-15-12-9-6-3/h28-29,31,34-37,43H,4-27,30,32-33H2,1-3H3. The largest absolute Gasteiger partial charge is 0.355 e. The molecule has 1 N–H and O–H groups in total. The predicted molar refractivity (Wildman–Crippen MR) is 195 cm³/mol. The zero-order valence-electron chi connectivity index (χ0n) is 29.1. The van der Waals surface area contributed by atoms with Crippen LogP contribution >= 0.6 is 0 Å². The molecule has 0 fully saturated rings. The Hall–Kier alpha value is -1.76. The maximum Gasteiger partial charge on any atom is 0.0449 e. The maximum atomic E-state index is 3.96. The Balaban J connectivity index is 1.93. The average Bonchev–Trinajstić information content (AvgIpc) is 3.02. The zero-order chi connectivity index (χ0) is 30.6. The molecule has 0 bridgehead atoms. The van der Waals surface area contributed by atoms with Crippen LogP contribution in [-0.2, 0) is 19.3 Å². The van der Waals surface area contributed by atoms with Gasteiger partial charge >= 0.3 is 0 Å². The number of unbranched alkanes of at least 4 members (excludes halogenated alkanes) is 21. The molecule has 0 aliphatic carbocycles. The van der Waals surface area contributed by atoms with Gasteiger partial charge in [-0.1, -0.05) is 186 Å². The minimum absolute atomic E-state index is 1.19. The number of para-hydroxylation sites is 1. The van der Waals surface area contributed by atoms with Gasteiger partial charge in [0.05, 0.1) is 0 Å². The Kier molecular flexibility index (Phi) is 23.2. The van der Waals surface area contributed by atoms with Crippen molar-refractivity contribution in [1.82, 2.24) is 0 Å². The molecule has 0 aliphatic heterocycles. The Bertz CT molecular complexity index is 861. The van der Waals surface area contributed by atoms with E-state index in [4.69, 9.17) is 0 Å². The lowest BCUT2D eigenvalue weighted by Gasteiger charge is -2.18. The molecule has 0 saturated heterocycles. The van der Waals surface area contributed by atoms with E-state index in [1.165, 1.54) is 201 Å². The van der Waals surface area contributed by atoms with Crippen LogP contribution < -0.4 is 5.32 Å². The van der Waals surface area contributed by atoms with E-state index in [1.807, 2.05) is 0 Å². The second-order valence-corrected chi connectivity index (χ2v) is 13.5. The van der Waals surface area contributed by atoms with Crippen molar-refractivity contribution in [3.63, 3.8) is 0 Å². The number of hydrogen-bond acceptors (Lipinski definition) is 1. The van der Waals surface area contributed by atoms with Crippen molar-refractivity contribution in [1.29, 1.82) is 0 Å². The van der Waals surface area contributed by atoms with Crippen LogP contribution in [0.2, 0.25) is 0 Å². The summed E-state index contributed by atoms with van der Waals surface area (Å²) in [6, 6.07) is 16.4. The summed E-state index contributed by atoms with van der Waals surface area (Å²) in [5, 5.41) is 3.96. The molecule has 2 aromatic rings. The second kappa shape index (κ2) is 26.6. The lowest BCUT2D eigenvalue weighted by atomic mass is 9.96. The van der Waals surface area contributed by atoms with Crippen LogP contribution in [0.4, 0.5) is 11.4 Å². The number of rotatable bonds is 29. The van der Waals surface area contributed by atoms with E-state index in [-0.39, 0.29) is 0 Å². The van der Waals surface area contributed by atoms with Gasteiger partial charge in [-0.2, -0.15) is 0 Å². The monoisotopic (exact) mass is 590 g/mol. The van der Waals surface area contributed by atoms with E-state index in [0.29, 0.717) is 0 Å². The highest BCUT2D eigenvalue weighted by Crippen LogP contribution is 2.29. The summed E-state index contributed by atoms with van der Waals surface area (Å²) in [6.07, 6.45) is 36.8. The Morgan fingerprint density at radius 1 is 0.395 bits per heavy atom. The summed E-state index contributed by atoms with van der Waals surface area (Å²) in [6.45, 7) is 6.92. The van der Waals surface area contributed by atoms with Crippen molar-refractivity contribution in [2.75, 3.05) is 5.32 Å². The lowest BCUT2D eigenvalue weighted by Crippen LogP contribution is -2.02. The molecular weight excluding hydrogens is 518 g/mol. The molecule has 0 aliphatic rings. The summed E-state index contributed by atoms with van der Waals surface area (Å²) in [5.74, 6) is 0. The van der Waals surface area contributed by atoms with E-state index in [2.05, 4.69) is 68.6 Å². The Morgan fingerprint density at radius 2 is 0.767 bits per heavy atom. The molecule has 0 aromatic heterocycles. The van der Waals surface area contributed by atoms with Crippen LogP contribution in [0.25, 0.3) is 0 Å². The first kappa shape index (κ1) is 37.4. The summed E-state index contributed by atoms with van der Waals surface area (Å²) in [7, 11) is 0. The van der Waals surface area contributed by atoms with Gasteiger partial charge in [0.2, 0.25) is 0 Å². The van der Waals surface area contributed by atoms with Crippen molar-refractivity contribution >= 4 is 11.4 Å². The summed E-state index contributed by atoms with van der Waals surface area (Å²) < 4.78 is 0. The van der Waals surface area contributed by atoms with Crippen LogP contribution in [0, 0.1) is 0 Å². The van der Waals surface area contributed by atoms with Gasteiger partial charge in [-0.05, 0) is 67.3 Å². The van der Waals surface area contributed by atoms with Gasteiger partial charge in [0, 0.05) is 11.4 Å². The smallest absolute Gasteiger partial charge is 0.0449 e. The molecule has 2 rings (SSSR count). The number of nitrogens with one attached hydrogen (secondary N) is 1. The molecule has 1 nitrogen and oxygen atoms in total. The third kappa shape index (κ3) is 18.6. The SMILES string of the molecule is CCCCCCCCCCc1cccc(Nc2c(CCCCCCCCCC)cccc2CCCCCCCCCC)c1. The van der Waals surface area contributed by atoms with E-state index in [0.717, 1.165) is 0 Å². The van der Waals surface area contributed by atoms with Gasteiger partial charge in [-0.15, -0.1) is 0 Å². The molecule has 0 saturated carbocycles. The van der Waals surface area contributed by atoms with Crippen molar-refractivity contribution in [3.8, 4) is 0 Å². The molecule has 1 heteroatoms. The molecule has 2 aromatic carbocycles. The molecule has 0 radical (unpaired) electrons. The van der Waals surface area contributed by atoms with Crippen molar-refractivity contribution in [3.05, 3.63) is 59.2 Å². The van der Waals surface area contributed by atoms with Crippen molar-refractivity contribution in [2.24, 2.45) is 0 Å². The van der Waals surface area contributed by atoms with Crippen LogP contribution in [0.15, 0.2) is 42.5 Å². The summed E-state index contributed by atoms with van der Waals surface area (Å²) in [4.78, 5) is 0. The molecule has 0 spiro atoms. The van der Waals surface area contributed by atoms with Gasteiger partial charge < -0.3 is 5.32 Å². The first-order valence-electron chi connectivity index (χ1n) is 19.2.